The normalized spacial score (nSPS) is 19.9. The summed E-state index contributed by atoms with van der Waals surface area (Å²) < 4.78 is 0. The molecule has 3 heterocycles. The highest BCUT2D eigenvalue weighted by atomic mass is 16.2. The summed E-state index contributed by atoms with van der Waals surface area (Å²) >= 11 is 0. The molecule has 1 aromatic heterocycles. The summed E-state index contributed by atoms with van der Waals surface area (Å²) in [7, 11) is 3.17. The number of nitrogens with one attached hydrogen (secondary N) is 1. The zero-order chi connectivity index (χ0) is 18.6. The third-order valence-corrected chi connectivity index (χ3v) is 5.64. The maximum Gasteiger partial charge on any atom is 0.327 e. The number of carbonyl (C=O) groups excluding carboxylic acids is 3. The SMILES string of the molecule is Cc1nc2ccc(C(=O)N3CCC4(CC3)C(=O)N(C)C(=O)N4C)cc2[nH]1. The van der Waals surface area contributed by atoms with E-state index < -0.39 is 5.54 Å². The number of urea groups is 1. The predicted octanol–water partition coefficient (Wildman–Crippen LogP) is 1.37. The van der Waals surface area contributed by atoms with E-state index in [1.165, 1.54) is 16.8 Å². The lowest BCUT2D eigenvalue weighted by molar-refractivity contribution is -0.134. The Morgan fingerprint density at radius 1 is 1.19 bits per heavy atom. The van der Waals surface area contributed by atoms with Gasteiger partial charge in [-0.3, -0.25) is 14.5 Å². The molecule has 4 rings (SSSR count). The van der Waals surface area contributed by atoms with Crippen molar-refractivity contribution >= 4 is 28.9 Å². The Bertz CT molecular complexity index is 926. The fourth-order valence-corrected chi connectivity index (χ4v) is 4.03. The second kappa shape index (κ2) is 5.55. The number of aromatic nitrogens is 2. The van der Waals surface area contributed by atoms with E-state index in [2.05, 4.69) is 9.97 Å². The van der Waals surface area contributed by atoms with Crippen LogP contribution in [0.1, 0.15) is 29.0 Å². The van der Waals surface area contributed by atoms with Crippen molar-refractivity contribution in [2.75, 3.05) is 27.2 Å². The Morgan fingerprint density at radius 2 is 1.88 bits per heavy atom. The lowest BCUT2D eigenvalue weighted by atomic mass is 9.86. The van der Waals surface area contributed by atoms with Crippen LogP contribution >= 0.6 is 0 Å². The minimum atomic E-state index is -0.812. The Balaban J connectivity index is 1.53. The van der Waals surface area contributed by atoms with Gasteiger partial charge in [0.25, 0.3) is 11.8 Å². The van der Waals surface area contributed by atoms with Gasteiger partial charge in [0.15, 0.2) is 0 Å². The zero-order valence-electron chi connectivity index (χ0n) is 15.1. The average Bonchev–Trinajstić information content (AvgIpc) is 3.09. The number of likely N-dealkylation sites (N-methyl/N-ethyl adjacent to an activating group) is 2. The first-order chi connectivity index (χ1) is 12.3. The average molecular weight is 355 g/mol. The molecule has 8 heteroatoms. The molecule has 2 aliphatic heterocycles. The van der Waals surface area contributed by atoms with Crippen molar-refractivity contribution in [1.82, 2.24) is 24.7 Å². The van der Waals surface area contributed by atoms with Gasteiger partial charge in [-0.05, 0) is 38.0 Å². The molecule has 1 spiro atoms. The van der Waals surface area contributed by atoms with E-state index in [0.717, 1.165) is 16.9 Å². The predicted molar refractivity (Wildman–Crippen MR) is 94.6 cm³/mol. The molecule has 2 aromatic rings. The summed E-state index contributed by atoms with van der Waals surface area (Å²) in [6.07, 6.45) is 0.908. The van der Waals surface area contributed by atoms with Crippen LogP contribution in [0, 0.1) is 6.92 Å². The van der Waals surface area contributed by atoms with Crippen molar-refractivity contribution in [2.24, 2.45) is 0 Å². The largest absolute Gasteiger partial charge is 0.342 e. The molecule has 2 aliphatic rings. The molecular weight excluding hydrogens is 334 g/mol. The van der Waals surface area contributed by atoms with Crippen molar-refractivity contribution in [3.05, 3.63) is 29.6 Å². The van der Waals surface area contributed by atoms with Crippen LogP contribution in [0.25, 0.3) is 11.0 Å². The number of H-pyrrole nitrogens is 1. The fraction of sp³-hybridized carbons (Fsp3) is 0.444. The molecule has 0 unspecified atom stereocenters. The fourth-order valence-electron chi connectivity index (χ4n) is 4.03. The van der Waals surface area contributed by atoms with Crippen LogP contribution in [0.15, 0.2) is 18.2 Å². The Hall–Kier alpha value is -2.90. The number of aryl methyl sites for hydroxylation is 1. The van der Waals surface area contributed by atoms with Crippen molar-refractivity contribution in [3.8, 4) is 0 Å². The minimum Gasteiger partial charge on any atom is -0.342 e. The first kappa shape index (κ1) is 16.6. The Kier molecular flexibility index (Phi) is 3.54. The van der Waals surface area contributed by atoms with Crippen LogP contribution in [0.4, 0.5) is 4.79 Å². The minimum absolute atomic E-state index is 0.0678. The van der Waals surface area contributed by atoms with Crippen LogP contribution in [0.5, 0.6) is 0 Å². The van der Waals surface area contributed by atoms with Crippen LogP contribution in [0.3, 0.4) is 0 Å². The van der Waals surface area contributed by atoms with Gasteiger partial charge in [0.1, 0.15) is 11.4 Å². The van der Waals surface area contributed by atoms with Crippen LogP contribution in [0.2, 0.25) is 0 Å². The van der Waals surface area contributed by atoms with Gasteiger partial charge < -0.3 is 14.8 Å². The summed E-state index contributed by atoms with van der Waals surface area (Å²) in [5, 5.41) is 0. The molecule has 2 saturated heterocycles. The van der Waals surface area contributed by atoms with E-state index in [1.54, 1.807) is 18.0 Å². The first-order valence-electron chi connectivity index (χ1n) is 8.65. The molecule has 0 aliphatic carbocycles. The van der Waals surface area contributed by atoms with Gasteiger partial charge in [-0.15, -0.1) is 0 Å². The number of imidazole rings is 1. The number of nitrogens with zero attached hydrogens (tertiary/aromatic N) is 4. The molecule has 136 valence electrons. The topological polar surface area (TPSA) is 89.6 Å². The number of hydrogen-bond acceptors (Lipinski definition) is 4. The highest BCUT2D eigenvalue weighted by Gasteiger charge is 2.55. The van der Waals surface area contributed by atoms with Crippen molar-refractivity contribution in [2.45, 2.75) is 25.3 Å². The maximum absolute atomic E-state index is 12.9. The van der Waals surface area contributed by atoms with E-state index in [0.29, 0.717) is 31.5 Å². The molecule has 26 heavy (non-hydrogen) atoms. The molecule has 0 atom stereocenters. The third kappa shape index (κ3) is 2.21. The number of rotatable bonds is 1. The van der Waals surface area contributed by atoms with Gasteiger partial charge in [0.05, 0.1) is 11.0 Å². The number of benzene rings is 1. The first-order valence-corrected chi connectivity index (χ1v) is 8.65. The van der Waals surface area contributed by atoms with Crippen molar-refractivity contribution in [1.29, 1.82) is 0 Å². The third-order valence-electron chi connectivity index (χ3n) is 5.64. The van der Waals surface area contributed by atoms with Gasteiger partial charge in [0, 0.05) is 32.7 Å². The number of hydrogen-bond donors (Lipinski definition) is 1. The summed E-state index contributed by atoms with van der Waals surface area (Å²) in [5.41, 5.74) is 1.44. The second-order valence-corrected chi connectivity index (χ2v) is 7.08. The van der Waals surface area contributed by atoms with Crippen molar-refractivity contribution < 1.29 is 14.4 Å². The van der Waals surface area contributed by atoms with Gasteiger partial charge >= 0.3 is 6.03 Å². The van der Waals surface area contributed by atoms with Gasteiger partial charge in [-0.25, -0.2) is 9.78 Å². The Labute approximate surface area is 150 Å². The summed E-state index contributed by atoms with van der Waals surface area (Å²) in [4.78, 5) is 49.4. The van der Waals surface area contributed by atoms with Crippen LogP contribution in [-0.4, -0.2) is 75.2 Å². The van der Waals surface area contributed by atoms with E-state index >= 15 is 0 Å². The smallest absolute Gasteiger partial charge is 0.327 e. The maximum atomic E-state index is 12.9. The number of imide groups is 1. The monoisotopic (exact) mass is 355 g/mol. The summed E-state index contributed by atoms with van der Waals surface area (Å²) in [6.45, 7) is 2.76. The standard InChI is InChI=1S/C18H21N5O3/c1-11-19-13-5-4-12(10-14(13)20-11)15(24)23-8-6-18(7-9-23)16(25)21(2)17(26)22(18)3/h4-5,10H,6-9H2,1-3H3,(H,19,20). The molecule has 8 nitrogen and oxygen atoms in total. The summed E-state index contributed by atoms with van der Waals surface area (Å²) in [6, 6.07) is 5.14. The molecule has 1 aromatic carbocycles. The van der Waals surface area contributed by atoms with Gasteiger partial charge in [-0.2, -0.15) is 0 Å². The highest BCUT2D eigenvalue weighted by Crippen LogP contribution is 2.35. The van der Waals surface area contributed by atoms with Gasteiger partial charge in [0.2, 0.25) is 0 Å². The molecule has 0 radical (unpaired) electrons. The van der Waals surface area contributed by atoms with Gasteiger partial charge in [-0.1, -0.05) is 0 Å². The second-order valence-electron chi connectivity index (χ2n) is 7.08. The lowest BCUT2D eigenvalue weighted by Gasteiger charge is -2.40. The highest BCUT2D eigenvalue weighted by molar-refractivity contribution is 6.07. The van der Waals surface area contributed by atoms with E-state index in [-0.39, 0.29) is 17.8 Å². The number of amides is 4. The zero-order valence-corrected chi connectivity index (χ0v) is 15.1. The van der Waals surface area contributed by atoms with Crippen LogP contribution in [-0.2, 0) is 4.79 Å². The molecular formula is C18H21N5O3. The summed E-state index contributed by atoms with van der Waals surface area (Å²) in [5.74, 6) is 0.564. The molecule has 0 bridgehead atoms. The number of aromatic amines is 1. The number of fused-ring (bicyclic) bond motifs is 1. The lowest BCUT2D eigenvalue weighted by Crippen LogP contribution is -2.56. The number of likely N-dealkylation sites (tertiary alicyclic amines) is 1. The number of piperidine rings is 1. The van der Waals surface area contributed by atoms with E-state index in [4.69, 9.17) is 0 Å². The number of carbonyl (C=O) groups is 3. The molecule has 2 fully saturated rings. The van der Waals surface area contributed by atoms with E-state index in [1.807, 2.05) is 19.1 Å². The Morgan fingerprint density at radius 3 is 2.50 bits per heavy atom. The van der Waals surface area contributed by atoms with Crippen molar-refractivity contribution in [3.63, 3.8) is 0 Å². The molecule has 1 N–H and O–H groups in total. The quantitative estimate of drug-likeness (QED) is 0.783. The van der Waals surface area contributed by atoms with E-state index in [9.17, 15) is 14.4 Å². The molecule has 0 saturated carbocycles. The van der Waals surface area contributed by atoms with Crippen LogP contribution < -0.4 is 0 Å². The molecule has 4 amide bonds.